The van der Waals surface area contributed by atoms with Gasteiger partial charge in [0.2, 0.25) is 5.79 Å². The fourth-order valence-corrected chi connectivity index (χ4v) is 2.37. The average Bonchev–Trinajstić information content (AvgIpc) is 2.33. The van der Waals surface area contributed by atoms with Crippen LogP contribution in [0.3, 0.4) is 0 Å². The zero-order chi connectivity index (χ0) is 12.8. The Bertz CT molecular complexity index is 465. The van der Waals surface area contributed by atoms with Gasteiger partial charge in [-0.25, -0.2) is 0 Å². The SMILES string of the molecule is CO[C@]1(C)CCc2c(C)c(O)c(C)c(C)c2O1. The van der Waals surface area contributed by atoms with E-state index in [-0.39, 0.29) is 0 Å². The maximum Gasteiger partial charge on any atom is 0.207 e. The fourth-order valence-electron chi connectivity index (χ4n) is 2.37. The van der Waals surface area contributed by atoms with E-state index in [9.17, 15) is 5.11 Å². The Kier molecular flexibility index (Phi) is 2.82. The lowest BCUT2D eigenvalue weighted by Crippen LogP contribution is -2.38. The van der Waals surface area contributed by atoms with E-state index in [1.54, 1.807) is 7.11 Å². The molecule has 0 saturated heterocycles. The monoisotopic (exact) mass is 236 g/mol. The Morgan fingerprint density at radius 2 is 1.82 bits per heavy atom. The van der Waals surface area contributed by atoms with Gasteiger partial charge < -0.3 is 14.6 Å². The van der Waals surface area contributed by atoms with E-state index in [4.69, 9.17) is 9.47 Å². The molecule has 0 aliphatic carbocycles. The molecule has 0 aromatic heterocycles. The Balaban J connectivity index is 2.59. The molecule has 0 bridgehead atoms. The first-order valence-electron chi connectivity index (χ1n) is 5.95. The Morgan fingerprint density at radius 1 is 1.18 bits per heavy atom. The standard InChI is InChI=1S/C14H20O3/c1-8-9(2)13-11(10(3)12(8)15)6-7-14(4,16-5)17-13/h15H,6-7H2,1-5H3/t14-/m0/s1. The van der Waals surface area contributed by atoms with Gasteiger partial charge in [0, 0.05) is 26.0 Å². The van der Waals surface area contributed by atoms with Gasteiger partial charge in [0.15, 0.2) is 0 Å². The van der Waals surface area contributed by atoms with Crippen LogP contribution in [0, 0.1) is 20.8 Å². The molecule has 0 radical (unpaired) electrons. The normalized spacial score (nSPS) is 23.1. The molecule has 3 nitrogen and oxygen atoms in total. The van der Waals surface area contributed by atoms with Gasteiger partial charge in [-0.2, -0.15) is 0 Å². The van der Waals surface area contributed by atoms with E-state index < -0.39 is 5.79 Å². The van der Waals surface area contributed by atoms with E-state index in [1.807, 2.05) is 27.7 Å². The van der Waals surface area contributed by atoms with Gasteiger partial charge in [0.05, 0.1) is 0 Å². The minimum atomic E-state index is -0.548. The molecule has 3 heteroatoms. The predicted molar refractivity (Wildman–Crippen MR) is 66.7 cm³/mol. The van der Waals surface area contributed by atoms with Crippen LogP contribution in [-0.4, -0.2) is 18.0 Å². The highest BCUT2D eigenvalue weighted by Gasteiger charge is 2.34. The molecule has 0 saturated carbocycles. The van der Waals surface area contributed by atoms with Crippen LogP contribution in [0.2, 0.25) is 0 Å². The topological polar surface area (TPSA) is 38.7 Å². The van der Waals surface area contributed by atoms with E-state index in [2.05, 4.69) is 0 Å². The molecule has 1 aromatic rings. The lowest BCUT2D eigenvalue weighted by molar-refractivity contribution is -0.160. The van der Waals surface area contributed by atoms with E-state index >= 15 is 0 Å². The highest BCUT2D eigenvalue weighted by Crippen LogP contribution is 2.43. The Labute approximate surface area is 102 Å². The molecule has 0 unspecified atom stereocenters. The second kappa shape index (κ2) is 3.91. The first-order chi connectivity index (χ1) is 7.89. The number of rotatable bonds is 1. The quantitative estimate of drug-likeness (QED) is 0.814. The Morgan fingerprint density at radius 3 is 2.41 bits per heavy atom. The van der Waals surface area contributed by atoms with Crippen LogP contribution in [0.4, 0.5) is 0 Å². The number of hydrogen-bond acceptors (Lipinski definition) is 3. The van der Waals surface area contributed by atoms with Crippen LogP contribution in [0.25, 0.3) is 0 Å². The first kappa shape index (κ1) is 12.2. The smallest absolute Gasteiger partial charge is 0.207 e. The molecule has 1 aromatic carbocycles. The largest absolute Gasteiger partial charge is 0.507 e. The lowest BCUT2D eigenvalue weighted by Gasteiger charge is -2.36. The van der Waals surface area contributed by atoms with E-state index in [1.165, 1.54) is 0 Å². The van der Waals surface area contributed by atoms with E-state index in [0.29, 0.717) is 5.75 Å². The summed E-state index contributed by atoms with van der Waals surface area (Å²) in [4.78, 5) is 0. The molecule has 17 heavy (non-hydrogen) atoms. The van der Waals surface area contributed by atoms with Gasteiger partial charge in [0.1, 0.15) is 11.5 Å². The number of methoxy groups -OCH3 is 1. The van der Waals surface area contributed by atoms with Gasteiger partial charge in [-0.05, 0) is 43.9 Å². The van der Waals surface area contributed by atoms with Crippen LogP contribution < -0.4 is 4.74 Å². The Hall–Kier alpha value is -1.22. The van der Waals surface area contributed by atoms with Crippen LogP contribution >= 0.6 is 0 Å². The fraction of sp³-hybridized carbons (Fsp3) is 0.571. The summed E-state index contributed by atoms with van der Waals surface area (Å²) in [6, 6.07) is 0. The summed E-state index contributed by atoms with van der Waals surface area (Å²) in [6.45, 7) is 7.79. The second-order valence-corrected chi connectivity index (χ2v) is 4.97. The van der Waals surface area contributed by atoms with Crippen LogP contribution in [0.15, 0.2) is 0 Å². The molecule has 1 N–H and O–H groups in total. The zero-order valence-corrected chi connectivity index (χ0v) is 11.2. The highest BCUT2D eigenvalue weighted by molar-refractivity contribution is 5.58. The van der Waals surface area contributed by atoms with Crippen molar-refractivity contribution in [2.24, 2.45) is 0 Å². The van der Waals surface area contributed by atoms with Crippen molar-refractivity contribution in [2.45, 2.75) is 46.3 Å². The summed E-state index contributed by atoms with van der Waals surface area (Å²) in [5, 5.41) is 10.0. The number of fused-ring (bicyclic) bond motifs is 1. The third kappa shape index (κ3) is 1.78. The van der Waals surface area contributed by atoms with Crippen LogP contribution in [-0.2, 0) is 11.2 Å². The number of hydrogen-bond donors (Lipinski definition) is 1. The van der Waals surface area contributed by atoms with Crippen LogP contribution in [0.5, 0.6) is 11.5 Å². The minimum absolute atomic E-state index is 0.394. The van der Waals surface area contributed by atoms with E-state index in [0.717, 1.165) is 40.8 Å². The highest BCUT2D eigenvalue weighted by atomic mass is 16.7. The lowest BCUT2D eigenvalue weighted by atomic mass is 9.91. The molecule has 1 aliphatic heterocycles. The summed E-state index contributed by atoms with van der Waals surface area (Å²) >= 11 is 0. The number of aromatic hydroxyl groups is 1. The molecule has 0 fully saturated rings. The van der Waals surface area contributed by atoms with Crippen molar-refractivity contribution in [1.82, 2.24) is 0 Å². The van der Waals surface area contributed by atoms with Crippen LogP contribution in [0.1, 0.15) is 35.6 Å². The van der Waals surface area contributed by atoms with Crippen molar-refractivity contribution in [3.05, 3.63) is 22.3 Å². The zero-order valence-electron chi connectivity index (χ0n) is 11.2. The maximum absolute atomic E-state index is 10.0. The van der Waals surface area contributed by atoms with Gasteiger partial charge >= 0.3 is 0 Å². The molecule has 2 rings (SSSR count). The number of phenols is 1. The molecular weight excluding hydrogens is 216 g/mol. The summed E-state index contributed by atoms with van der Waals surface area (Å²) in [5.41, 5.74) is 3.94. The molecule has 0 amide bonds. The van der Waals surface area contributed by atoms with Crippen molar-refractivity contribution in [3.63, 3.8) is 0 Å². The molecule has 94 valence electrons. The number of phenolic OH excluding ortho intramolecular Hbond substituents is 1. The van der Waals surface area contributed by atoms with Gasteiger partial charge in [-0.3, -0.25) is 0 Å². The van der Waals surface area contributed by atoms with Crippen molar-refractivity contribution in [3.8, 4) is 11.5 Å². The van der Waals surface area contributed by atoms with Crippen molar-refractivity contribution in [1.29, 1.82) is 0 Å². The molecule has 1 atom stereocenters. The third-order valence-electron chi connectivity index (χ3n) is 3.92. The third-order valence-corrected chi connectivity index (χ3v) is 3.92. The van der Waals surface area contributed by atoms with Gasteiger partial charge in [-0.15, -0.1) is 0 Å². The number of ether oxygens (including phenoxy) is 2. The van der Waals surface area contributed by atoms with Crippen molar-refractivity contribution in [2.75, 3.05) is 7.11 Å². The van der Waals surface area contributed by atoms with Crippen molar-refractivity contribution >= 4 is 0 Å². The second-order valence-electron chi connectivity index (χ2n) is 4.97. The summed E-state index contributed by atoms with van der Waals surface area (Å²) < 4.78 is 11.4. The van der Waals surface area contributed by atoms with Gasteiger partial charge in [0.25, 0.3) is 0 Å². The summed E-state index contributed by atoms with van der Waals surface area (Å²) in [6.07, 6.45) is 1.68. The summed E-state index contributed by atoms with van der Waals surface area (Å²) in [5.74, 6) is 0.729. The number of benzene rings is 1. The first-order valence-corrected chi connectivity index (χ1v) is 5.95. The molecular formula is C14H20O3. The molecule has 1 heterocycles. The summed E-state index contributed by atoms with van der Waals surface area (Å²) in [7, 11) is 1.67. The van der Waals surface area contributed by atoms with Gasteiger partial charge in [-0.1, -0.05) is 0 Å². The van der Waals surface area contributed by atoms with Crippen molar-refractivity contribution < 1.29 is 14.6 Å². The predicted octanol–water partition coefficient (Wildman–Crippen LogP) is 3.01. The molecule has 0 spiro atoms. The average molecular weight is 236 g/mol. The molecule has 1 aliphatic rings. The minimum Gasteiger partial charge on any atom is -0.507 e. The maximum atomic E-state index is 10.0.